The van der Waals surface area contributed by atoms with E-state index < -0.39 is 0 Å². The van der Waals surface area contributed by atoms with Crippen molar-refractivity contribution in [2.75, 3.05) is 0 Å². The first-order valence-corrected chi connectivity index (χ1v) is 0. The van der Waals surface area contributed by atoms with Gasteiger partial charge in [-0.05, 0) is 0 Å². The number of rotatable bonds is 0. The SMILES string of the molecule is [Y].[Y].[Y].[Y].[Y].[Y].[Y].[Y].[Y].[Y].[Y].[Y].[Y].[Y].[Y].[Y].[Y].[Y].[Y].[Y].[Y].[Y].[Y].[Y].[Y].[Y].[Y].[Y].[Y].[Y].[Y].[Y].[Y].[Y].[Y].[Y].[Y].[Y].[Y].[Y].[Y].[Y].[Y].[Y].[Y].[Y].[Y].[Y].[Y].[Y].[Y].[Y].[Y].[Y].[Y]. The Kier molecular flexibility index (Phi) is 3020. The van der Waals surface area contributed by atoms with E-state index in [1.807, 2.05) is 0 Å². The predicted molar refractivity (Wildman–Crippen MR) is 0 cm³/mol. The average molecular weight is 4890 g/mol. The third-order valence-corrected chi connectivity index (χ3v) is 0. The van der Waals surface area contributed by atoms with Gasteiger partial charge in [0.2, 0.25) is 0 Å². The number of hydrogen-bond acceptors (Lipinski definition) is 0. The van der Waals surface area contributed by atoms with Crippen molar-refractivity contribution in [3.05, 3.63) is 0 Å². The summed E-state index contributed by atoms with van der Waals surface area (Å²) in [5, 5.41) is 0. The van der Waals surface area contributed by atoms with Gasteiger partial charge in [-0.2, -0.15) is 0 Å². The third kappa shape index (κ3) is 395. The minimum absolute atomic E-state index is 0. The van der Waals surface area contributed by atoms with Gasteiger partial charge >= 0.3 is 0 Å². The monoisotopic (exact) mass is 4890 g/mol. The second kappa shape index (κ2) is 402. The summed E-state index contributed by atoms with van der Waals surface area (Å²) in [6.45, 7) is 0. The van der Waals surface area contributed by atoms with Gasteiger partial charge < -0.3 is 0 Å². The molecule has 0 heterocycles. The molecule has 0 aliphatic carbocycles. The molecule has 0 aromatic heterocycles. The van der Waals surface area contributed by atoms with E-state index in [4.69, 9.17) is 0 Å². The molecule has 0 bridgehead atoms. The molecule has 0 saturated carbocycles. The molecule has 0 unspecified atom stereocenters. The molecule has 0 nitrogen and oxygen atoms in total. The summed E-state index contributed by atoms with van der Waals surface area (Å²) in [7, 11) is 0. The van der Waals surface area contributed by atoms with Crippen molar-refractivity contribution in [3.8, 4) is 0 Å². The van der Waals surface area contributed by atoms with Crippen LogP contribution in [0.25, 0.3) is 0 Å². The Bertz CT molecular complexity index is 0. The largest absolute Gasteiger partial charge is 0 e. The Morgan fingerprint density at radius 2 is 0.0182 bits per heavy atom. The van der Waals surface area contributed by atoms with Crippen LogP contribution in [0, 0.1) is 0 Å². The van der Waals surface area contributed by atoms with E-state index in [1.165, 1.54) is 0 Å². The zero-order chi connectivity index (χ0) is 0. The summed E-state index contributed by atoms with van der Waals surface area (Å²) in [6, 6.07) is 0. The second-order valence-electron chi connectivity index (χ2n) is 0. The zero-order valence-corrected chi connectivity index (χ0v) is 188. The van der Waals surface area contributed by atoms with Gasteiger partial charge in [0.05, 0.1) is 0 Å². The molecule has 0 aromatic rings. The van der Waals surface area contributed by atoms with E-state index >= 15 is 0 Å². The Morgan fingerprint density at radius 3 is 0.0182 bits per heavy atom. The van der Waals surface area contributed by atoms with Crippen molar-refractivity contribution in [1.82, 2.24) is 0 Å². The van der Waals surface area contributed by atoms with Crippen LogP contribution in [0.1, 0.15) is 0 Å². The normalized spacial score (nSPS) is 0. The molecule has 0 aliphatic rings. The molecule has 165 valence electrons. The van der Waals surface area contributed by atoms with Crippen LogP contribution < -0.4 is 0 Å². The molecule has 0 aliphatic heterocycles. The van der Waals surface area contributed by atoms with E-state index in [-0.39, 0.29) is 1800 Å². The summed E-state index contributed by atoms with van der Waals surface area (Å²) >= 11 is 0. The van der Waals surface area contributed by atoms with Gasteiger partial charge in [-0.25, -0.2) is 0 Å². The van der Waals surface area contributed by atoms with E-state index in [0.717, 1.165) is 0 Å². The maximum Gasteiger partial charge on any atom is 0 e. The molecule has 55 heavy (non-hydrogen) atoms. The summed E-state index contributed by atoms with van der Waals surface area (Å²) in [6.07, 6.45) is 0. The molecule has 0 fully saturated rings. The molecule has 0 aromatic carbocycles. The molecule has 0 N–H and O–H groups in total. The topological polar surface area (TPSA) is 0 Å². The van der Waals surface area contributed by atoms with Gasteiger partial charge in [0.25, 0.3) is 0 Å². The number of hydrogen-bond donors (Lipinski definition) is 0. The van der Waals surface area contributed by atoms with Crippen molar-refractivity contribution in [1.29, 1.82) is 0 Å². The fraction of sp³-hybridized carbons (Fsp3) is 0. The fourth-order valence-electron chi connectivity index (χ4n) is 0. The molecule has 55 radical (unpaired) electrons. The van der Waals surface area contributed by atoms with Crippen molar-refractivity contribution in [2.24, 2.45) is 0 Å². The predicted octanol–water partition coefficient (Wildman–Crippen LogP) is -0.138. The first-order chi connectivity index (χ1) is 0. The van der Waals surface area contributed by atoms with Crippen LogP contribution in [0.5, 0.6) is 0 Å². The van der Waals surface area contributed by atoms with E-state index in [2.05, 4.69) is 0 Å². The van der Waals surface area contributed by atoms with E-state index in [9.17, 15) is 0 Å². The van der Waals surface area contributed by atoms with E-state index in [1.54, 1.807) is 0 Å². The van der Waals surface area contributed by atoms with Crippen molar-refractivity contribution < 1.29 is 1800 Å². The van der Waals surface area contributed by atoms with Crippen LogP contribution in [0.3, 0.4) is 0 Å². The van der Waals surface area contributed by atoms with Crippen LogP contribution in [0.4, 0.5) is 0 Å². The molecule has 0 rings (SSSR count). The first-order valence-electron chi connectivity index (χ1n) is 0. The Hall–Kier alpha value is 60.7. The summed E-state index contributed by atoms with van der Waals surface area (Å²) in [5.74, 6) is 0. The van der Waals surface area contributed by atoms with Crippen LogP contribution in [-0.4, -0.2) is 0 Å². The molecular formula is Y55. The van der Waals surface area contributed by atoms with Gasteiger partial charge in [-0.3, -0.25) is 0 Å². The van der Waals surface area contributed by atoms with Gasteiger partial charge in [-0.1, -0.05) is 0 Å². The second-order valence-corrected chi connectivity index (χ2v) is 0. The van der Waals surface area contributed by atoms with E-state index in [0.29, 0.717) is 0 Å². The van der Waals surface area contributed by atoms with Crippen molar-refractivity contribution in [3.63, 3.8) is 0 Å². The molecule has 55 heteroatoms. The molecule has 0 spiro atoms. The summed E-state index contributed by atoms with van der Waals surface area (Å²) < 4.78 is 0. The Morgan fingerprint density at radius 1 is 0.0182 bits per heavy atom. The molecular weight excluding hydrogens is 4890 g/mol. The third-order valence-electron chi connectivity index (χ3n) is 0. The smallest absolute Gasteiger partial charge is 0 e. The average Bonchev–Trinajstić information content (AvgIpc) is 0. The molecule has 0 amide bonds. The van der Waals surface area contributed by atoms with Gasteiger partial charge in [-0.15, -0.1) is 0 Å². The van der Waals surface area contributed by atoms with Gasteiger partial charge in [0.15, 0.2) is 0 Å². The van der Waals surface area contributed by atoms with Crippen molar-refractivity contribution in [2.45, 2.75) is 0 Å². The quantitative estimate of drug-likeness (QED) is 0.318. The minimum atomic E-state index is 0. The minimum Gasteiger partial charge on any atom is 0 e. The summed E-state index contributed by atoms with van der Waals surface area (Å²) in [4.78, 5) is 0. The maximum atomic E-state index is 0. The molecule has 0 saturated heterocycles. The Labute approximate surface area is 1730 Å². The van der Waals surface area contributed by atoms with Gasteiger partial charge in [0, 0.05) is 1800 Å². The van der Waals surface area contributed by atoms with Crippen LogP contribution >= 0.6 is 0 Å². The van der Waals surface area contributed by atoms with Crippen LogP contribution in [0.2, 0.25) is 0 Å². The van der Waals surface area contributed by atoms with Gasteiger partial charge in [0.1, 0.15) is 0 Å². The van der Waals surface area contributed by atoms with Crippen LogP contribution in [-0.2, 0) is 1800 Å². The fourth-order valence-corrected chi connectivity index (χ4v) is 0. The maximum absolute atomic E-state index is 0. The summed E-state index contributed by atoms with van der Waals surface area (Å²) in [5.41, 5.74) is 0. The standard InChI is InChI=1S/55Y. The Balaban J connectivity index is 0. The zero-order valence-electron chi connectivity index (χ0n) is 31.8. The molecule has 0 atom stereocenters. The first kappa shape index (κ1) is 413. The van der Waals surface area contributed by atoms with Crippen molar-refractivity contribution >= 4 is 0 Å². The van der Waals surface area contributed by atoms with Crippen LogP contribution in [0.15, 0.2) is 0 Å².